The molecule has 2 aromatic heterocycles. The first-order valence-electron chi connectivity index (χ1n) is 5.38. The van der Waals surface area contributed by atoms with Crippen molar-refractivity contribution in [2.24, 2.45) is 5.73 Å². The Morgan fingerprint density at radius 2 is 2.33 bits per heavy atom. The van der Waals surface area contributed by atoms with E-state index in [-0.39, 0.29) is 5.54 Å². The molecule has 1 aliphatic rings. The molecule has 2 heterocycles. The SMILES string of the molecule is Cc1cn2cc(CCC3(N)CC3)oc2n1. The van der Waals surface area contributed by atoms with Crippen LogP contribution in [0.1, 0.15) is 30.7 Å². The topological polar surface area (TPSA) is 56.5 Å². The van der Waals surface area contributed by atoms with Gasteiger partial charge in [-0.05, 0) is 26.2 Å². The molecule has 2 N–H and O–H groups in total. The molecule has 0 unspecified atom stereocenters. The summed E-state index contributed by atoms with van der Waals surface area (Å²) in [5, 5.41) is 0. The van der Waals surface area contributed by atoms with Crippen LogP contribution in [0.25, 0.3) is 5.84 Å². The number of oxazole rings is 1. The van der Waals surface area contributed by atoms with E-state index in [2.05, 4.69) is 4.98 Å². The van der Waals surface area contributed by atoms with Crippen LogP contribution in [0.5, 0.6) is 0 Å². The maximum Gasteiger partial charge on any atom is 0.306 e. The van der Waals surface area contributed by atoms with Crippen molar-refractivity contribution in [2.75, 3.05) is 0 Å². The smallest absolute Gasteiger partial charge is 0.306 e. The van der Waals surface area contributed by atoms with E-state index >= 15 is 0 Å². The number of nitrogens with two attached hydrogens (primary N) is 1. The molecule has 0 saturated heterocycles. The lowest BCUT2D eigenvalue weighted by Crippen LogP contribution is -2.21. The van der Waals surface area contributed by atoms with Gasteiger partial charge in [0.05, 0.1) is 11.9 Å². The van der Waals surface area contributed by atoms with Crippen LogP contribution in [0, 0.1) is 6.92 Å². The van der Waals surface area contributed by atoms with Gasteiger partial charge in [-0.25, -0.2) is 0 Å². The highest BCUT2D eigenvalue weighted by atomic mass is 16.4. The molecule has 1 fully saturated rings. The van der Waals surface area contributed by atoms with Gasteiger partial charge in [0.25, 0.3) is 0 Å². The van der Waals surface area contributed by atoms with Crippen molar-refractivity contribution >= 4 is 5.84 Å². The first-order chi connectivity index (χ1) is 7.15. The summed E-state index contributed by atoms with van der Waals surface area (Å²) in [6.07, 6.45) is 8.22. The Morgan fingerprint density at radius 3 is 3.00 bits per heavy atom. The summed E-state index contributed by atoms with van der Waals surface area (Å²) in [4.78, 5) is 4.26. The van der Waals surface area contributed by atoms with Crippen LogP contribution in [-0.4, -0.2) is 14.9 Å². The van der Waals surface area contributed by atoms with Gasteiger partial charge in [0.2, 0.25) is 0 Å². The van der Waals surface area contributed by atoms with Gasteiger partial charge in [-0.1, -0.05) is 0 Å². The number of rotatable bonds is 3. The Bertz CT molecular complexity index is 461. The largest absolute Gasteiger partial charge is 0.428 e. The fourth-order valence-electron chi connectivity index (χ4n) is 1.86. The van der Waals surface area contributed by atoms with Gasteiger partial charge in [0.15, 0.2) is 0 Å². The van der Waals surface area contributed by atoms with Crippen molar-refractivity contribution in [3.05, 3.63) is 23.8 Å². The van der Waals surface area contributed by atoms with Gasteiger partial charge in [-0.3, -0.25) is 4.40 Å². The van der Waals surface area contributed by atoms with E-state index in [9.17, 15) is 0 Å². The van der Waals surface area contributed by atoms with Crippen LogP contribution in [0.2, 0.25) is 0 Å². The molecular formula is C11H15N3O. The first-order valence-corrected chi connectivity index (χ1v) is 5.38. The van der Waals surface area contributed by atoms with E-state index in [0.29, 0.717) is 5.84 Å². The second-order valence-corrected chi connectivity index (χ2v) is 4.63. The molecule has 4 nitrogen and oxygen atoms in total. The number of nitrogens with zero attached hydrogens (tertiary/aromatic N) is 2. The molecule has 1 saturated carbocycles. The third kappa shape index (κ3) is 1.65. The molecule has 0 radical (unpaired) electrons. The van der Waals surface area contributed by atoms with Crippen molar-refractivity contribution in [1.29, 1.82) is 0 Å². The molecule has 0 atom stereocenters. The molecular weight excluding hydrogens is 190 g/mol. The predicted octanol–water partition coefficient (Wildman–Crippen LogP) is 1.66. The lowest BCUT2D eigenvalue weighted by atomic mass is 10.1. The number of imidazole rings is 1. The van der Waals surface area contributed by atoms with Crippen molar-refractivity contribution < 1.29 is 4.42 Å². The van der Waals surface area contributed by atoms with E-state index in [4.69, 9.17) is 10.2 Å². The number of hydrogen-bond donors (Lipinski definition) is 1. The van der Waals surface area contributed by atoms with Gasteiger partial charge in [0.1, 0.15) is 5.76 Å². The van der Waals surface area contributed by atoms with Gasteiger partial charge in [0, 0.05) is 18.2 Å². The summed E-state index contributed by atoms with van der Waals surface area (Å²) in [5.41, 5.74) is 7.11. The highest BCUT2D eigenvalue weighted by Gasteiger charge is 2.37. The van der Waals surface area contributed by atoms with Crippen LogP contribution >= 0.6 is 0 Å². The second kappa shape index (κ2) is 2.85. The molecule has 80 valence electrons. The average molecular weight is 205 g/mol. The molecule has 3 rings (SSSR count). The number of fused-ring (bicyclic) bond motifs is 1. The maximum atomic E-state index is 6.02. The fraction of sp³-hybridized carbons (Fsp3) is 0.545. The Hall–Kier alpha value is -1.29. The number of aromatic nitrogens is 2. The monoisotopic (exact) mass is 205 g/mol. The van der Waals surface area contributed by atoms with Crippen LogP contribution in [-0.2, 0) is 6.42 Å². The molecule has 0 spiro atoms. The van der Waals surface area contributed by atoms with E-state index in [1.54, 1.807) is 0 Å². The molecule has 0 aliphatic heterocycles. The molecule has 4 heteroatoms. The Labute approximate surface area is 88.1 Å². The molecule has 2 aromatic rings. The van der Waals surface area contributed by atoms with Gasteiger partial charge >= 0.3 is 5.84 Å². The van der Waals surface area contributed by atoms with Crippen molar-refractivity contribution in [3.63, 3.8) is 0 Å². The van der Waals surface area contributed by atoms with Crippen LogP contribution < -0.4 is 5.73 Å². The predicted molar refractivity (Wildman–Crippen MR) is 56.7 cm³/mol. The second-order valence-electron chi connectivity index (χ2n) is 4.63. The molecule has 15 heavy (non-hydrogen) atoms. The standard InChI is InChI=1S/C11H15N3O/c1-8-6-14-7-9(15-10(14)13-8)2-3-11(12)4-5-11/h6-7H,2-5,12H2,1H3. The average Bonchev–Trinajstić information content (AvgIpc) is 2.64. The third-order valence-electron chi connectivity index (χ3n) is 3.09. The van der Waals surface area contributed by atoms with Crippen molar-refractivity contribution in [2.45, 2.75) is 38.1 Å². The van der Waals surface area contributed by atoms with Crippen LogP contribution in [0.15, 0.2) is 16.8 Å². The summed E-state index contributed by atoms with van der Waals surface area (Å²) >= 11 is 0. The summed E-state index contributed by atoms with van der Waals surface area (Å²) in [5.74, 6) is 1.67. The number of aryl methyl sites for hydroxylation is 2. The van der Waals surface area contributed by atoms with Gasteiger partial charge in [-0.2, -0.15) is 4.98 Å². The summed E-state index contributed by atoms with van der Waals surface area (Å²) in [6.45, 7) is 1.96. The van der Waals surface area contributed by atoms with Gasteiger partial charge < -0.3 is 10.2 Å². The minimum Gasteiger partial charge on any atom is -0.428 e. The summed E-state index contributed by atoms with van der Waals surface area (Å²) in [6, 6.07) is 0. The fourth-order valence-corrected chi connectivity index (χ4v) is 1.86. The molecule has 1 aliphatic carbocycles. The van der Waals surface area contributed by atoms with Crippen LogP contribution in [0.3, 0.4) is 0 Å². The maximum absolute atomic E-state index is 6.02. The highest BCUT2D eigenvalue weighted by molar-refractivity contribution is 5.27. The normalized spacial score (nSPS) is 18.5. The van der Waals surface area contributed by atoms with E-state index in [1.807, 2.05) is 23.7 Å². The molecule has 0 amide bonds. The van der Waals surface area contributed by atoms with Gasteiger partial charge in [-0.15, -0.1) is 0 Å². The van der Waals surface area contributed by atoms with Crippen LogP contribution in [0.4, 0.5) is 0 Å². The number of hydrogen-bond acceptors (Lipinski definition) is 3. The van der Waals surface area contributed by atoms with Crippen molar-refractivity contribution in [1.82, 2.24) is 9.38 Å². The van der Waals surface area contributed by atoms with E-state index in [0.717, 1.165) is 37.1 Å². The Morgan fingerprint density at radius 1 is 1.53 bits per heavy atom. The zero-order valence-corrected chi connectivity index (χ0v) is 8.86. The summed E-state index contributed by atoms with van der Waals surface area (Å²) < 4.78 is 7.54. The molecule has 0 bridgehead atoms. The minimum absolute atomic E-state index is 0.102. The summed E-state index contributed by atoms with van der Waals surface area (Å²) in [7, 11) is 0. The zero-order valence-electron chi connectivity index (χ0n) is 8.86. The van der Waals surface area contributed by atoms with E-state index < -0.39 is 0 Å². The lowest BCUT2D eigenvalue weighted by Gasteiger charge is -2.04. The third-order valence-corrected chi connectivity index (χ3v) is 3.09. The highest BCUT2D eigenvalue weighted by Crippen LogP contribution is 2.36. The minimum atomic E-state index is 0.102. The first kappa shape index (κ1) is 8.97. The quantitative estimate of drug-likeness (QED) is 0.829. The zero-order chi connectivity index (χ0) is 10.5. The Kier molecular flexibility index (Phi) is 1.71. The van der Waals surface area contributed by atoms with E-state index in [1.165, 1.54) is 0 Å². The van der Waals surface area contributed by atoms with Crippen molar-refractivity contribution in [3.8, 4) is 0 Å². The Balaban J connectivity index is 1.77. The molecule has 0 aromatic carbocycles. The lowest BCUT2D eigenvalue weighted by molar-refractivity contribution is 0.500.